The first-order valence-electron chi connectivity index (χ1n) is 8.44. The second-order valence-corrected chi connectivity index (χ2v) is 6.43. The van der Waals surface area contributed by atoms with E-state index in [2.05, 4.69) is 5.32 Å². The van der Waals surface area contributed by atoms with E-state index in [0.29, 0.717) is 17.1 Å². The first kappa shape index (κ1) is 19.6. The van der Waals surface area contributed by atoms with Crippen molar-refractivity contribution in [2.24, 2.45) is 0 Å². The molecule has 142 valence electrons. The van der Waals surface area contributed by atoms with Crippen LogP contribution < -0.4 is 14.8 Å². The van der Waals surface area contributed by atoms with Crippen LogP contribution in [0, 0.1) is 0 Å². The molecule has 8 nitrogen and oxygen atoms in total. The van der Waals surface area contributed by atoms with Crippen molar-refractivity contribution in [2.75, 3.05) is 20.3 Å². The van der Waals surface area contributed by atoms with Crippen LogP contribution >= 0.6 is 0 Å². The molecule has 1 saturated carbocycles. The lowest BCUT2D eigenvalue weighted by molar-refractivity contribution is -0.137. The van der Waals surface area contributed by atoms with E-state index in [0.717, 1.165) is 12.8 Å². The van der Waals surface area contributed by atoms with Crippen LogP contribution in [-0.4, -0.2) is 60.1 Å². The molecule has 0 heterocycles. The minimum Gasteiger partial charge on any atom is -0.493 e. The Morgan fingerprint density at radius 1 is 1.27 bits per heavy atom. The number of nitrogens with one attached hydrogen (secondary N) is 1. The van der Waals surface area contributed by atoms with E-state index in [-0.39, 0.29) is 37.0 Å². The molecule has 0 aromatic heterocycles. The maximum absolute atomic E-state index is 12.6. The lowest BCUT2D eigenvalue weighted by atomic mass is 10.1. The highest BCUT2D eigenvalue weighted by atomic mass is 16.5. The summed E-state index contributed by atoms with van der Waals surface area (Å²) in [6, 6.07) is 4.56. The maximum Gasteiger partial charge on any atom is 0.323 e. The molecule has 2 N–H and O–H groups in total. The summed E-state index contributed by atoms with van der Waals surface area (Å²) < 4.78 is 10.7. The second kappa shape index (κ2) is 8.55. The highest BCUT2D eigenvalue weighted by molar-refractivity contribution is 5.97. The zero-order valence-corrected chi connectivity index (χ0v) is 15.2. The summed E-state index contributed by atoms with van der Waals surface area (Å²) in [5.41, 5.74) is 0.314. The van der Waals surface area contributed by atoms with E-state index in [1.165, 1.54) is 24.1 Å². The van der Waals surface area contributed by atoms with Crippen LogP contribution in [0.3, 0.4) is 0 Å². The van der Waals surface area contributed by atoms with Gasteiger partial charge in [0.25, 0.3) is 11.8 Å². The minimum atomic E-state index is -1.05. The van der Waals surface area contributed by atoms with Crippen LogP contribution in [0.5, 0.6) is 11.5 Å². The van der Waals surface area contributed by atoms with Crippen molar-refractivity contribution < 1.29 is 29.0 Å². The SMILES string of the molecule is COc1cc(C(=O)N(CC(=O)O)C2CC2)ccc1OCC(=O)NC(C)C. The summed E-state index contributed by atoms with van der Waals surface area (Å²) in [6.45, 7) is 3.19. The Morgan fingerprint density at radius 3 is 2.50 bits per heavy atom. The van der Waals surface area contributed by atoms with Gasteiger partial charge in [-0.25, -0.2) is 0 Å². The highest BCUT2D eigenvalue weighted by Gasteiger charge is 2.34. The van der Waals surface area contributed by atoms with Crippen LogP contribution in [0.25, 0.3) is 0 Å². The van der Waals surface area contributed by atoms with E-state index in [1.54, 1.807) is 6.07 Å². The van der Waals surface area contributed by atoms with Gasteiger partial charge in [0.2, 0.25) is 0 Å². The number of benzene rings is 1. The standard InChI is InChI=1S/C18H24N2O6/c1-11(2)19-16(21)10-26-14-7-4-12(8-15(14)25-3)18(24)20(9-17(22)23)13-5-6-13/h4,7-8,11,13H,5-6,9-10H2,1-3H3,(H,19,21)(H,22,23). The van der Waals surface area contributed by atoms with Crippen LogP contribution in [-0.2, 0) is 9.59 Å². The fraction of sp³-hybridized carbons (Fsp3) is 0.500. The summed E-state index contributed by atoms with van der Waals surface area (Å²) in [5.74, 6) is -1.03. The fourth-order valence-corrected chi connectivity index (χ4v) is 2.49. The molecule has 2 rings (SSSR count). The Morgan fingerprint density at radius 2 is 1.96 bits per heavy atom. The van der Waals surface area contributed by atoms with Crippen molar-refractivity contribution in [1.29, 1.82) is 0 Å². The Balaban J connectivity index is 2.10. The molecule has 1 fully saturated rings. The Hall–Kier alpha value is -2.77. The number of hydrogen-bond donors (Lipinski definition) is 2. The van der Waals surface area contributed by atoms with Crippen molar-refractivity contribution >= 4 is 17.8 Å². The zero-order valence-electron chi connectivity index (χ0n) is 15.2. The van der Waals surface area contributed by atoms with Crippen LogP contribution in [0.15, 0.2) is 18.2 Å². The highest BCUT2D eigenvalue weighted by Crippen LogP contribution is 2.31. The first-order chi connectivity index (χ1) is 12.3. The van der Waals surface area contributed by atoms with Gasteiger partial charge in [-0.1, -0.05) is 0 Å². The molecule has 2 amide bonds. The number of carbonyl (C=O) groups is 3. The average molecular weight is 364 g/mol. The smallest absolute Gasteiger partial charge is 0.323 e. The number of hydrogen-bond acceptors (Lipinski definition) is 5. The van der Waals surface area contributed by atoms with Gasteiger partial charge in [0.1, 0.15) is 6.54 Å². The molecule has 0 spiro atoms. The summed E-state index contributed by atoms with van der Waals surface area (Å²) in [7, 11) is 1.43. The molecular formula is C18H24N2O6. The summed E-state index contributed by atoms with van der Waals surface area (Å²) in [6.07, 6.45) is 1.62. The molecule has 0 radical (unpaired) electrons. The molecular weight excluding hydrogens is 340 g/mol. The van der Waals surface area contributed by atoms with Crippen molar-refractivity contribution in [2.45, 2.75) is 38.8 Å². The normalized spacial score (nSPS) is 13.2. The van der Waals surface area contributed by atoms with Crippen LogP contribution in [0.4, 0.5) is 0 Å². The Bertz CT molecular complexity index is 684. The Labute approximate surface area is 152 Å². The van der Waals surface area contributed by atoms with E-state index in [9.17, 15) is 14.4 Å². The number of carboxylic acid groups (broad SMARTS) is 1. The molecule has 8 heteroatoms. The van der Waals surface area contributed by atoms with Gasteiger partial charge in [-0.15, -0.1) is 0 Å². The number of rotatable bonds is 9. The third-order valence-corrected chi connectivity index (χ3v) is 3.77. The predicted molar refractivity (Wildman–Crippen MR) is 93.5 cm³/mol. The number of carboxylic acids is 1. The van der Waals surface area contributed by atoms with E-state index in [1.807, 2.05) is 13.8 Å². The lowest BCUT2D eigenvalue weighted by Crippen LogP contribution is -2.37. The zero-order chi connectivity index (χ0) is 19.3. The molecule has 1 aromatic carbocycles. The summed E-state index contributed by atoms with van der Waals surface area (Å²) >= 11 is 0. The van der Waals surface area contributed by atoms with Crippen molar-refractivity contribution in [3.05, 3.63) is 23.8 Å². The molecule has 0 unspecified atom stereocenters. The van der Waals surface area contributed by atoms with Crippen molar-refractivity contribution in [3.63, 3.8) is 0 Å². The van der Waals surface area contributed by atoms with Gasteiger partial charge in [-0.05, 0) is 44.9 Å². The quantitative estimate of drug-likeness (QED) is 0.684. The molecule has 0 bridgehead atoms. The maximum atomic E-state index is 12.6. The van der Waals surface area contributed by atoms with Crippen molar-refractivity contribution in [1.82, 2.24) is 10.2 Å². The van der Waals surface area contributed by atoms with Gasteiger partial charge in [0, 0.05) is 17.6 Å². The number of aliphatic carboxylic acids is 1. The topological polar surface area (TPSA) is 105 Å². The lowest BCUT2D eigenvalue weighted by Gasteiger charge is -2.21. The van der Waals surface area contributed by atoms with Crippen LogP contribution in [0.2, 0.25) is 0 Å². The molecule has 0 saturated heterocycles. The molecule has 1 aromatic rings. The van der Waals surface area contributed by atoms with E-state index >= 15 is 0 Å². The third-order valence-electron chi connectivity index (χ3n) is 3.77. The first-order valence-corrected chi connectivity index (χ1v) is 8.44. The predicted octanol–water partition coefficient (Wildman–Crippen LogP) is 1.29. The third kappa shape index (κ3) is 5.37. The molecule has 0 aliphatic heterocycles. The average Bonchev–Trinajstić information content (AvgIpc) is 3.41. The molecule has 0 atom stereocenters. The van der Waals surface area contributed by atoms with E-state index in [4.69, 9.17) is 14.6 Å². The van der Waals surface area contributed by atoms with Gasteiger partial charge in [0.15, 0.2) is 18.1 Å². The van der Waals surface area contributed by atoms with Gasteiger partial charge in [-0.2, -0.15) is 0 Å². The second-order valence-electron chi connectivity index (χ2n) is 6.43. The van der Waals surface area contributed by atoms with Crippen molar-refractivity contribution in [3.8, 4) is 11.5 Å². The fourth-order valence-electron chi connectivity index (χ4n) is 2.49. The largest absolute Gasteiger partial charge is 0.493 e. The van der Waals surface area contributed by atoms with Gasteiger partial charge in [-0.3, -0.25) is 14.4 Å². The van der Waals surface area contributed by atoms with E-state index < -0.39 is 5.97 Å². The number of amides is 2. The molecule has 1 aliphatic rings. The van der Waals surface area contributed by atoms with Gasteiger partial charge >= 0.3 is 5.97 Å². The number of ether oxygens (including phenoxy) is 2. The minimum absolute atomic E-state index is 0.00985. The molecule has 1 aliphatic carbocycles. The number of methoxy groups -OCH3 is 1. The molecule has 26 heavy (non-hydrogen) atoms. The summed E-state index contributed by atoms with van der Waals surface area (Å²) in [5, 5.41) is 11.7. The summed E-state index contributed by atoms with van der Waals surface area (Å²) in [4.78, 5) is 36.7. The number of nitrogens with zero attached hydrogens (tertiary/aromatic N) is 1. The van der Waals surface area contributed by atoms with Gasteiger partial charge < -0.3 is 24.8 Å². The number of carbonyl (C=O) groups excluding carboxylic acids is 2. The van der Waals surface area contributed by atoms with Gasteiger partial charge in [0.05, 0.1) is 7.11 Å². The van der Waals surface area contributed by atoms with Crippen LogP contribution in [0.1, 0.15) is 37.0 Å². The monoisotopic (exact) mass is 364 g/mol. The Kier molecular flexibility index (Phi) is 6.43.